The van der Waals surface area contributed by atoms with Gasteiger partial charge in [0.2, 0.25) is 11.7 Å². The highest BCUT2D eigenvalue weighted by molar-refractivity contribution is 5.65. The summed E-state index contributed by atoms with van der Waals surface area (Å²) in [4.78, 5) is 4.25. The second-order valence-electron chi connectivity index (χ2n) is 5.21. The molecule has 0 atom stereocenters. The fraction of sp³-hybridized carbons (Fsp3) is 0.167. The van der Waals surface area contributed by atoms with Crippen molar-refractivity contribution in [3.8, 4) is 29.0 Å². The van der Waals surface area contributed by atoms with E-state index < -0.39 is 0 Å². The molecule has 0 fully saturated rings. The van der Waals surface area contributed by atoms with Crippen molar-refractivity contribution in [2.75, 3.05) is 26.6 Å². The van der Waals surface area contributed by atoms with E-state index in [0.29, 0.717) is 34.4 Å². The second kappa shape index (κ2) is 7.44. The number of hydrogen-bond donors (Lipinski definition) is 1. The van der Waals surface area contributed by atoms with Crippen molar-refractivity contribution in [1.82, 2.24) is 14.8 Å². The zero-order valence-electron chi connectivity index (χ0n) is 14.6. The number of anilines is 2. The Morgan fingerprint density at radius 2 is 1.65 bits per heavy atom. The number of aromatic nitrogens is 3. The van der Waals surface area contributed by atoms with Crippen LogP contribution in [0.3, 0.4) is 0 Å². The van der Waals surface area contributed by atoms with Crippen molar-refractivity contribution in [1.29, 1.82) is 5.26 Å². The minimum Gasteiger partial charge on any atom is -0.493 e. The van der Waals surface area contributed by atoms with Crippen LogP contribution in [0, 0.1) is 11.3 Å². The van der Waals surface area contributed by atoms with Crippen LogP contribution >= 0.6 is 0 Å². The Kier molecular flexibility index (Phi) is 4.90. The van der Waals surface area contributed by atoms with Crippen LogP contribution in [0.15, 0.2) is 42.7 Å². The van der Waals surface area contributed by atoms with Crippen LogP contribution in [-0.4, -0.2) is 36.1 Å². The van der Waals surface area contributed by atoms with Gasteiger partial charge < -0.3 is 19.5 Å². The number of ether oxygens (including phenoxy) is 3. The molecule has 0 bridgehead atoms. The van der Waals surface area contributed by atoms with Gasteiger partial charge in [0.15, 0.2) is 11.5 Å². The van der Waals surface area contributed by atoms with Crippen LogP contribution in [0.25, 0.3) is 5.69 Å². The first-order valence-corrected chi connectivity index (χ1v) is 7.67. The fourth-order valence-electron chi connectivity index (χ4n) is 2.42. The number of nitriles is 1. The summed E-state index contributed by atoms with van der Waals surface area (Å²) in [6.45, 7) is 0. The van der Waals surface area contributed by atoms with Crippen molar-refractivity contribution >= 4 is 11.6 Å². The van der Waals surface area contributed by atoms with E-state index in [1.165, 1.54) is 0 Å². The lowest BCUT2D eigenvalue weighted by Gasteiger charge is -2.14. The van der Waals surface area contributed by atoms with Gasteiger partial charge in [0, 0.05) is 17.8 Å². The lowest BCUT2D eigenvalue weighted by Crippen LogP contribution is -2.00. The van der Waals surface area contributed by atoms with Crippen molar-refractivity contribution in [2.45, 2.75) is 0 Å². The smallest absolute Gasteiger partial charge is 0.246 e. The van der Waals surface area contributed by atoms with E-state index in [1.807, 2.05) is 0 Å². The molecule has 8 nitrogen and oxygen atoms in total. The highest BCUT2D eigenvalue weighted by atomic mass is 16.5. The van der Waals surface area contributed by atoms with Crippen LogP contribution in [0.4, 0.5) is 11.6 Å². The quantitative estimate of drug-likeness (QED) is 0.729. The molecular formula is C18H17N5O3. The number of nitrogens with one attached hydrogen (secondary N) is 1. The van der Waals surface area contributed by atoms with Gasteiger partial charge in [-0.2, -0.15) is 10.2 Å². The maximum absolute atomic E-state index is 8.87. The van der Waals surface area contributed by atoms with Gasteiger partial charge in [0.25, 0.3) is 0 Å². The van der Waals surface area contributed by atoms with Gasteiger partial charge in [-0.05, 0) is 24.3 Å². The number of rotatable bonds is 6. The van der Waals surface area contributed by atoms with E-state index in [4.69, 9.17) is 19.5 Å². The van der Waals surface area contributed by atoms with Crippen molar-refractivity contribution in [3.63, 3.8) is 0 Å². The minimum absolute atomic E-state index is 0.406. The Morgan fingerprint density at radius 1 is 1.00 bits per heavy atom. The standard InChI is InChI=1S/C18H17N5O3/c1-24-15-8-13(9-16(25-2)17(15)26-3)21-18-20-11-23(22-18)14-6-4-12(10-19)5-7-14/h4-9,11H,1-3H3,(H,21,22). The largest absolute Gasteiger partial charge is 0.493 e. The molecule has 132 valence electrons. The predicted molar refractivity (Wildman–Crippen MR) is 95.5 cm³/mol. The molecule has 26 heavy (non-hydrogen) atoms. The zero-order valence-corrected chi connectivity index (χ0v) is 14.6. The molecule has 1 aromatic heterocycles. The molecule has 0 saturated heterocycles. The molecule has 0 amide bonds. The summed E-state index contributed by atoms with van der Waals surface area (Å²) in [5.41, 5.74) is 2.08. The van der Waals surface area contributed by atoms with Crippen LogP contribution in [-0.2, 0) is 0 Å². The summed E-state index contributed by atoms with van der Waals surface area (Å²) in [7, 11) is 4.66. The van der Waals surface area contributed by atoms with E-state index in [0.717, 1.165) is 5.69 Å². The molecule has 2 aromatic carbocycles. The Morgan fingerprint density at radius 3 is 2.19 bits per heavy atom. The second-order valence-corrected chi connectivity index (χ2v) is 5.21. The first-order chi connectivity index (χ1) is 12.7. The molecule has 0 aliphatic carbocycles. The summed E-state index contributed by atoms with van der Waals surface area (Å²) in [5, 5.41) is 16.4. The van der Waals surface area contributed by atoms with E-state index in [1.54, 1.807) is 68.7 Å². The van der Waals surface area contributed by atoms with E-state index in [9.17, 15) is 0 Å². The molecule has 0 aliphatic heterocycles. The molecule has 3 aromatic rings. The molecule has 1 N–H and O–H groups in total. The molecular weight excluding hydrogens is 334 g/mol. The Bertz CT molecular complexity index is 919. The normalized spacial score (nSPS) is 10.1. The Labute approximate surface area is 150 Å². The topological polar surface area (TPSA) is 94.2 Å². The van der Waals surface area contributed by atoms with E-state index in [2.05, 4.69) is 21.5 Å². The number of hydrogen-bond acceptors (Lipinski definition) is 7. The van der Waals surface area contributed by atoms with Gasteiger partial charge in [-0.1, -0.05) is 0 Å². The van der Waals surface area contributed by atoms with Gasteiger partial charge >= 0.3 is 0 Å². The number of methoxy groups -OCH3 is 3. The van der Waals surface area contributed by atoms with E-state index in [-0.39, 0.29) is 0 Å². The van der Waals surface area contributed by atoms with Gasteiger partial charge in [-0.15, -0.1) is 5.10 Å². The van der Waals surface area contributed by atoms with Gasteiger partial charge in [-0.3, -0.25) is 0 Å². The summed E-state index contributed by atoms with van der Waals surface area (Å²) in [5.74, 6) is 1.97. The van der Waals surface area contributed by atoms with Crippen molar-refractivity contribution in [2.24, 2.45) is 0 Å². The van der Waals surface area contributed by atoms with E-state index >= 15 is 0 Å². The predicted octanol–water partition coefficient (Wildman–Crippen LogP) is 2.91. The lowest BCUT2D eigenvalue weighted by atomic mass is 10.2. The Hall–Kier alpha value is -3.73. The van der Waals surface area contributed by atoms with Crippen LogP contribution in [0.1, 0.15) is 5.56 Å². The molecule has 0 unspecified atom stereocenters. The lowest BCUT2D eigenvalue weighted by molar-refractivity contribution is 0.324. The average Bonchev–Trinajstić information content (AvgIpc) is 3.15. The molecule has 1 heterocycles. The fourth-order valence-corrected chi connectivity index (χ4v) is 2.42. The third kappa shape index (κ3) is 3.37. The summed E-state index contributed by atoms with van der Waals surface area (Å²) >= 11 is 0. The van der Waals surface area contributed by atoms with Crippen molar-refractivity contribution in [3.05, 3.63) is 48.3 Å². The first-order valence-electron chi connectivity index (χ1n) is 7.67. The highest BCUT2D eigenvalue weighted by Crippen LogP contribution is 2.40. The minimum atomic E-state index is 0.406. The van der Waals surface area contributed by atoms with Gasteiger partial charge in [0.05, 0.1) is 38.6 Å². The van der Waals surface area contributed by atoms with Crippen LogP contribution in [0.2, 0.25) is 0 Å². The Balaban J connectivity index is 1.86. The monoisotopic (exact) mass is 351 g/mol. The highest BCUT2D eigenvalue weighted by Gasteiger charge is 2.14. The van der Waals surface area contributed by atoms with Crippen LogP contribution in [0.5, 0.6) is 17.2 Å². The van der Waals surface area contributed by atoms with Crippen LogP contribution < -0.4 is 19.5 Å². The third-order valence-electron chi connectivity index (χ3n) is 3.67. The maximum Gasteiger partial charge on any atom is 0.246 e. The molecule has 8 heteroatoms. The molecule has 0 aliphatic rings. The summed E-state index contributed by atoms with van der Waals surface area (Å²) in [6, 6.07) is 12.7. The molecule has 0 spiro atoms. The summed E-state index contributed by atoms with van der Waals surface area (Å²) in [6.07, 6.45) is 1.59. The van der Waals surface area contributed by atoms with Gasteiger partial charge in [0.1, 0.15) is 6.33 Å². The maximum atomic E-state index is 8.87. The summed E-state index contributed by atoms with van der Waals surface area (Å²) < 4.78 is 17.6. The zero-order chi connectivity index (χ0) is 18.5. The number of benzene rings is 2. The average molecular weight is 351 g/mol. The van der Waals surface area contributed by atoms with Crippen molar-refractivity contribution < 1.29 is 14.2 Å². The van der Waals surface area contributed by atoms with Gasteiger partial charge in [-0.25, -0.2) is 4.68 Å². The molecule has 0 saturated carbocycles. The third-order valence-corrected chi connectivity index (χ3v) is 3.67. The SMILES string of the molecule is COc1cc(Nc2ncn(-c3ccc(C#N)cc3)n2)cc(OC)c1OC. The first kappa shape index (κ1) is 17.1. The molecule has 0 radical (unpaired) electrons. The molecule has 3 rings (SSSR count). The number of nitrogens with zero attached hydrogens (tertiary/aromatic N) is 4.